The van der Waals surface area contributed by atoms with Gasteiger partial charge in [-0.1, -0.05) is 29.3 Å². The normalized spacial score (nSPS) is 11.1. The Bertz CT molecular complexity index is 823. The van der Waals surface area contributed by atoms with Crippen molar-refractivity contribution in [2.24, 2.45) is 0 Å². The van der Waals surface area contributed by atoms with E-state index in [4.69, 9.17) is 10.2 Å². The van der Waals surface area contributed by atoms with Crippen molar-refractivity contribution in [3.05, 3.63) is 63.6 Å². The zero-order valence-electron chi connectivity index (χ0n) is 11.5. The Morgan fingerprint density at radius 3 is 2.50 bits per heavy atom. The highest BCUT2D eigenvalue weighted by Crippen LogP contribution is 2.18. The molecule has 0 bridgehead atoms. The van der Waals surface area contributed by atoms with Crippen molar-refractivity contribution in [2.75, 3.05) is 5.73 Å². The lowest BCUT2D eigenvalue weighted by molar-refractivity contribution is 0.517. The van der Waals surface area contributed by atoms with Gasteiger partial charge in [-0.15, -0.1) is 0 Å². The van der Waals surface area contributed by atoms with Crippen molar-refractivity contribution < 1.29 is 4.42 Å². The lowest BCUT2D eigenvalue weighted by atomic mass is 10.1. The Hall–Kier alpha value is -2.49. The molecule has 3 aromatic rings. The second-order valence-electron chi connectivity index (χ2n) is 5.18. The Balaban J connectivity index is 2.12. The monoisotopic (exact) mass is 268 g/mol. The molecule has 4 nitrogen and oxygen atoms in total. The van der Waals surface area contributed by atoms with Gasteiger partial charge in [0.05, 0.1) is 12.1 Å². The van der Waals surface area contributed by atoms with Crippen LogP contribution in [0, 0.1) is 13.8 Å². The fourth-order valence-electron chi connectivity index (χ4n) is 2.57. The molecule has 0 saturated carbocycles. The Morgan fingerprint density at radius 2 is 1.80 bits per heavy atom. The SMILES string of the molecule is Cc1cc(C)cc(Cn2c(=O)oc3ccc(N)cc32)c1. The van der Waals surface area contributed by atoms with Crippen LogP contribution in [0.15, 0.2) is 45.6 Å². The molecule has 0 atom stereocenters. The van der Waals surface area contributed by atoms with Crippen molar-refractivity contribution >= 4 is 16.8 Å². The quantitative estimate of drug-likeness (QED) is 0.727. The van der Waals surface area contributed by atoms with E-state index < -0.39 is 0 Å². The Kier molecular flexibility index (Phi) is 2.86. The number of hydrogen-bond acceptors (Lipinski definition) is 3. The van der Waals surface area contributed by atoms with E-state index in [0.717, 1.165) is 11.1 Å². The molecule has 0 fully saturated rings. The van der Waals surface area contributed by atoms with Crippen LogP contribution in [-0.2, 0) is 6.54 Å². The summed E-state index contributed by atoms with van der Waals surface area (Å²) < 4.78 is 6.85. The van der Waals surface area contributed by atoms with Crippen LogP contribution >= 0.6 is 0 Å². The zero-order chi connectivity index (χ0) is 14.3. The summed E-state index contributed by atoms with van der Waals surface area (Å²) in [4.78, 5) is 12.0. The summed E-state index contributed by atoms with van der Waals surface area (Å²) in [6.45, 7) is 4.58. The van der Waals surface area contributed by atoms with E-state index in [0.29, 0.717) is 17.8 Å². The molecule has 1 heterocycles. The number of aromatic nitrogens is 1. The molecule has 0 unspecified atom stereocenters. The highest BCUT2D eigenvalue weighted by molar-refractivity contribution is 5.77. The number of oxazole rings is 1. The van der Waals surface area contributed by atoms with Gasteiger partial charge in [0.2, 0.25) is 0 Å². The van der Waals surface area contributed by atoms with Gasteiger partial charge < -0.3 is 10.2 Å². The molecule has 0 spiro atoms. The van der Waals surface area contributed by atoms with Gasteiger partial charge in [-0.05, 0) is 37.6 Å². The summed E-state index contributed by atoms with van der Waals surface area (Å²) >= 11 is 0. The van der Waals surface area contributed by atoms with Crippen LogP contribution in [0.1, 0.15) is 16.7 Å². The Morgan fingerprint density at radius 1 is 1.10 bits per heavy atom. The van der Waals surface area contributed by atoms with Crippen molar-refractivity contribution in [3.8, 4) is 0 Å². The van der Waals surface area contributed by atoms with E-state index in [-0.39, 0.29) is 5.76 Å². The summed E-state index contributed by atoms with van der Waals surface area (Å²) in [6, 6.07) is 11.5. The zero-order valence-corrected chi connectivity index (χ0v) is 11.5. The van der Waals surface area contributed by atoms with Gasteiger partial charge in [-0.25, -0.2) is 4.79 Å². The smallest absolute Gasteiger partial charge is 0.408 e. The molecule has 102 valence electrons. The first-order valence-corrected chi connectivity index (χ1v) is 6.49. The van der Waals surface area contributed by atoms with Gasteiger partial charge in [0.15, 0.2) is 5.58 Å². The van der Waals surface area contributed by atoms with Crippen LogP contribution in [0.4, 0.5) is 5.69 Å². The molecule has 0 radical (unpaired) electrons. The number of nitrogens with zero attached hydrogens (tertiary/aromatic N) is 1. The number of anilines is 1. The molecular formula is C16H16N2O2. The number of aryl methyl sites for hydroxylation is 2. The number of nitrogens with two attached hydrogens (primary N) is 1. The number of hydrogen-bond donors (Lipinski definition) is 1. The minimum absolute atomic E-state index is 0.357. The van der Waals surface area contributed by atoms with Crippen LogP contribution in [0.3, 0.4) is 0 Å². The summed E-state index contributed by atoms with van der Waals surface area (Å²) in [7, 11) is 0. The number of rotatable bonds is 2. The molecule has 4 heteroatoms. The van der Waals surface area contributed by atoms with Gasteiger partial charge in [-0.2, -0.15) is 0 Å². The largest absolute Gasteiger partial charge is 0.420 e. The first-order valence-electron chi connectivity index (χ1n) is 6.49. The molecule has 0 aliphatic heterocycles. The predicted molar refractivity (Wildman–Crippen MR) is 79.9 cm³/mol. The maximum absolute atomic E-state index is 12.0. The van der Waals surface area contributed by atoms with Gasteiger partial charge in [0.1, 0.15) is 0 Å². The van der Waals surface area contributed by atoms with Crippen molar-refractivity contribution in [2.45, 2.75) is 20.4 Å². The first-order chi connectivity index (χ1) is 9.52. The minimum atomic E-state index is -0.357. The molecule has 0 aliphatic carbocycles. The molecule has 3 rings (SSSR count). The van der Waals surface area contributed by atoms with Crippen LogP contribution in [-0.4, -0.2) is 4.57 Å². The van der Waals surface area contributed by atoms with Crippen LogP contribution in [0.5, 0.6) is 0 Å². The summed E-state index contributed by atoms with van der Waals surface area (Å²) in [5, 5.41) is 0. The van der Waals surface area contributed by atoms with E-state index in [1.54, 1.807) is 22.8 Å². The van der Waals surface area contributed by atoms with Gasteiger partial charge >= 0.3 is 5.76 Å². The molecule has 0 amide bonds. The number of nitrogen functional groups attached to an aromatic ring is 1. The average molecular weight is 268 g/mol. The van der Waals surface area contributed by atoms with E-state index in [9.17, 15) is 4.79 Å². The molecule has 2 aromatic carbocycles. The van der Waals surface area contributed by atoms with E-state index in [1.165, 1.54) is 11.1 Å². The second-order valence-corrected chi connectivity index (χ2v) is 5.18. The lowest BCUT2D eigenvalue weighted by Crippen LogP contribution is -2.15. The summed E-state index contributed by atoms with van der Waals surface area (Å²) in [6.07, 6.45) is 0. The van der Waals surface area contributed by atoms with Crippen molar-refractivity contribution in [1.82, 2.24) is 4.57 Å². The third-order valence-electron chi connectivity index (χ3n) is 3.31. The molecule has 0 saturated heterocycles. The van der Waals surface area contributed by atoms with E-state index >= 15 is 0 Å². The molecule has 0 aliphatic rings. The van der Waals surface area contributed by atoms with E-state index in [2.05, 4.69) is 18.2 Å². The maximum atomic E-state index is 12.0. The molecule has 20 heavy (non-hydrogen) atoms. The molecule has 2 N–H and O–H groups in total. The summed E-state index contributed by atoms with van der Waals surface area (Å²) in [5.41, 5.74) is 11.1. The third kappa shape index (κ3) is 2.20. The van der Waals surface area contributed by atoms with Gasteiger partial charge in [0.25, 0.3) is 0 Å². The number of fused-ring (bicyclic) bond motifs is 1. The average Bonchev–Trinajstić information content (AvgIpc) is 2.65. The van der Waals surface area contributed by atoms with Crippen LogP contribution in [0.25, 0.3) is 11.1 Å². The van der Waals surface area contributed by atoms with Gasteiger partial charge in [0, 0.05) is 5.69 Å². The Labute approximate surface area is 116 Å². The summed E-state index contributed by atoms with van der Waals surface area (Å²) in [5.74, 6) is -0.357. The topological polar surface area (TPSA) is 61.2 Å². The standard InChI is InChI=1S/C16H16N2O2/c1-10-5-11(2)7-12(6-10)9-18-14-8-13(17)3-4-15(14)20-16(18)19/h3-8H,9,17H2,1-2H3. The fraction of sp³-hybridized carbons (Fsp3) is 0.188. The third-order valence-corrected chi connectivity index (χ3v) is 3.31. The predicted octanol–water partition coefficient (Wildman–Crippen LogP) is 2.84. The van der Waals surface area contributed by atoms with Crippen LogP contribution < -0.4 is 11.5 Å². The van der Waals surface area contributed by atoms with Crippen molar-refractivity contribution in [1.29, 1.82) is 0 Å². The second kappa shape index (κ2) is 4.56. The fourth-order valence-corrected chi connectivity index (χ4v) is 2.57. The minimum Gasteiger partial charge on any atom is -0.408 e. The molecule has 1 aromatic heterocycles. The highest BCUT2D eigenvalue weighted by Gasteiger charge is 2.10. The highest BCUT2D eigenvalue weighted by atomic mass is 16.4. The first kappa shape index (κ1) is 12.5. The van der Waals surface area contributed by atoms with Crippen molar-refractivity contribution in [3.63, 3.8) is 0 Å². The van der Waals surface area contributed by atoms with E-state index in [1.807, 2.05) is 13.8 Å². The maximum Gasteiger partial charge on any atom is 0.420 e. The number of benzene rings is 2. The lowest BCUT2D eigenvalue weighted by Gasteiger charge is -2.06. The molecular weight excluding hydrogens is 252 g/mol. The van der Waals surface area contributed by atoms with Crippen LogP contribution in [0.2, 0.25) is 0 Å². The van der Waals surface area contributed by atoms with Gasteiger partial charge in [-0.3, -0.25) is 4.57 Å².